The van der Waals surface area contributed by atoms with Gasteiger partial charge in [-0.25, -0.2) is 0 Å². The van der Waals surface area contributed by atoms with Crippen molar-refractivity contribution in [2.45, 2.75) is 18.8 Å². The summed E-state index contributed by atoms with van der Waals surface area (Å²) >= 11 is 0. The Morgan fingerprint density at radius 3 is 2.45 bits per heavy atom. The van der Waals surface area contributed by atoms with Crippen LogP contribution < -0.4 is 10.2 Å². The number of aromatic nitrogens is 2. The molecule has 1 fully saturated rings. The number of aromatic amines is 1. The number of anilines is 1. The summed E-state index contributed by atoms with van der Waals surface area (Å²) in [7, 11) is 4.11. The zero-order valence-corrected chi connectivity index (χ0v) is 12.2. The second-order valence-electron chi connectivity index (χ2n) is 5.67. The molecule has 4 nitrogen and oxygen atoms in total. The van der Waals surface area contributed by atoms with Crippen LogP contribution in [0.4, 0.5) is 5.69 Å². The molecule has 2 aromatic rings. The highest BCUT2D eigenvalue weighted by Crippen LogP contribution is 2.27. The Labute approximate surface area is 120 Å². The van der Waals surface area contributed by atoms with Crippen molar-refractivity contribution in [2.24, 2.45) is 0 Å². The van der Waals surface area contributed by atoms with Gasteiger partial charge in [0.1, 0.15) is 0 Å². The predicted molar refractivity (Wildman–Crippen MR) is 83.2 cm³/mol. The van der Waals surface area contributed by atoms with Gasteiger partial charge in [0.25, 0.3) is 0 Å². The zero-order chi connectivity index (χ0) is 13.9. The van der Waals surface area contributed by atoms with Crippen molar-refractivity contribution in [1.29, 1.82) is 0 Å². The lowest BCUT2D eigenvalue weighted by Crippen LogP contribution is -2.26. The number of rotatable bonds is 3. The number of hydrogen-bond acceptors (Lipinski definition) is 3. The Bertz CT molecular complexity index is 550. The molecule has 0 atom stereocenters. The maximum atomic E-state index is 4.51. The number of hydrogen-bond donors (Lipinski definition) is 2. The standard InChI is InChI=1S/C16H22N4/c1-20(2)14-5-3-12(4-6-14)15-11-16(19-18-15)13-7-9-17-10-8-13/h3-6,11,13,17H,7-10H2,1-2H3,(H,18,19). The van der Waals surface area contributed by atoms with Crippen LogP contribution >= 0.6 is 0 Å². The van der Waals surface area contributed by atoms with Gasteiger partial charge < -0.3 is 10.2 Å². The minimum atomic E-state index is 0.599. The molecular formula is C16H22N4. The average molecular weight is 270 g/mol. The van der Waals surface area contributed by atoms with E-state index in [4.69, 9.17) is 0 Å². The first kappa shape index (κ1) is 13.2. The molecular weight excluding hydrogens is 248 g/mol. The van der Waals surface area contributed by atoms with E-state index in [1.807, 2.05) is 0 Å². The molecule has 20 heavy (non-hydrogen) atoms. The van der Waals surface area contributed by atoms with Gasteiger partial charge in [0.15, 0.2) is 0 Å². The molecule has 0 spiro atoms. The van der Waals surface area contributed by atoms with Gasteiger partial charge in [-0.1, -0.05) is 12.1 Å². The van der Waals surface area contributed by atoms with Crippen molar-refractivity contribution in [3.63, 3.8) is 0 Å². The first-order valence-electron chi connectivity index (χ1n) is 7.28. The monoisotopic (exact) mass is 270 g/mol. The molecule has 3 rings (SSSR count). The highest BCUT2D eigenvalue weighted by molar-refractivity contribution is 5.63. The lowest BCUT2D eigenvalue weighted by molar-refractivity contribution is 0.453. The summed E-state index contributed by atoms with van der Waals surface area (Å²) in [5.41, 5.74) is 4.73. The Hall–Kier alpha value is -1.81. The smallest absolute Gasteiger partial charge is 0.0660 e. The minimum Gasteiger partial charge on any atom is -0.378 e. The van der Waals surface area contributed by atoms with Crippen molar-refractivity contribution in [3.8, 4) is 11.3 Å². The van der Waals surface area contributed by atoms with Crippen molar-refractivity contribution in [3.05, 3.63) is 36.0 Å². The van der Waals surface area contributed by atoms with Crippen LogP contribution in [0.3, 0.4) is 0 Å². The van der Waals surface area contributed by atoms with Crippen molar-refractivity contribution in [1.82, 2.24) is 15.5 Å². The summed E-state index contributed by atoms with van der Waals surface area (Å²) in [5, 5.41) is 11.1. The van der Waals surface area contributed by atoms with Crippen LogP contribution in [-0.2, 0) is 0 Å². The number of piperidine rings is 1. The summed E-state index contributed by atoms with van der Waals surface area (Å²) in [6, 6.07) is 10.8. The summed E-state index contributed by atoms with van der Waals surface area (Å²) in [6.45, 7) is 2.20. The normalized spacial score (nSPS) is 16.3. The number of benzene rings is 1. The molecule has 1 aliphatic heterocycles. The fourth-order valence-electron chi connectivity index (χ4n) is 2.75. The molecule has 2 heterocycles. The molecule has 4 heteroatoms. The maximum Gasteiger partial charge on any atom is 0.0660 e. The number of nitrogens with zero attached hydrogens (tertiary/aromatic N) is 2. The van der Waals surface area contributed by atoms with Gasteiger partial charge >= 0.3 is 0 Å². The third kappa shape index (κ3) is 2.70. The number of nitrogens with one attached hydrogen (secondary N) is 2. The third-order valence-electron chi connectivity index (χ3n) is 4.05. The zero-order valence-electron chi connectivity index (χ0n) is 12.2. The van der Waals surface area contributed by atoms with E-state index in [9.17, 15) is 0 Å². The number of H-pyrrole nitrogens is 1. The van der Waals surface area contributed by atoms with Gasteiger partial charge in [-0.05, 0) is 49.7 Å². The third-order valence-corrected chi connectivity index (χ3v) is 4.05. The average Bonchev–Trinajstić information content (AvgIpc) is 2.98. The molecule has 0 amide bonds. The van der Waals surface area contributed by atoms with E-state index in [0.717, 1.165) is 18.8 Å². The maximum absolute atomic E-state index is 4.51. The van der Waals surface area contributed by atoms with Gasteiger partial charge in [0, 0.05) is 25.7 Å². The lowest BCUT2D eigenvalue weighted by atomic mass is 9.94. The van der Waals surface area contributed by atoms with Crippen LogP contribution in [0.5, 0.6) is 0 Å². The van der Waals surface area contributed by atoms with E-state index in [1.54, 1.807) is 0 Å². The van der Waals surface area contributed by atoms with Crippen LogP contribution in [0.15, 0.2) is 30.3 Å². The summed E-state index contributed by atoms with van der Waals surface area (Å²) < 4.78 is 0. The Kier molecular flexibility index (Phi) is 3.74. The van der Waals surface area contributed by atoms with E-state index in [2.05, 4.69) is 64.8 Å². The van der Waals surface area contributed by atoms with Crippen LogP contribution in [0, 0.1) is 0 Å². The molecule has 106 valence electrons. The van der Waals surface area contributed by atoms with E-state index < -0.39 is 0 Å². The largest absolute Gasteiger partial charge is 0.378 e. The highest BCUT2D eigenvalue weighted by Gasteiger charge is 2.18. The van der Waals surface area contributed by atoms with E-state index in [0.29, 0.717) is 5.92 Å². The quantitative estimate of drug-likeness (QED) is 0.901. The fourth-order valence-corrected chi connectivity index (χ4v) is 2.75. The first-order chi connectivity index (χ1) is 9.74. The van der Waals surface area contributed by atoms with Crippen molar-refractivity contribution in [2.75, 3.05) is 32.1 Å². The van der Waals surface area contributed by atoms with Gasteiger partial charge in [-0.2, -0.15) is 5.10 Å². The second-order valence-corrected chi connectivity index (χ2v) is 5.67. The van der Waals surface area contributed by atoms with Crippen LogP contribution in [0.1, 0.15) is 24.5 Å². The molecule has 0 unspecified atom stereocenters. The molecule has 1 aromatic carbocycles. The molecule has 1 aromatic heterocycles. The molecule has 1 aliphatic rings. The van der Waals surface area contributed by atoms with Crippen molar-refractivity contribution < 1.29 is 0 Å². The lowest BCUT2D eigenvalue weighted by Gasteiger charge is -2.20. The SMILES string of the molecule is CN(C)c1ccc(-c2cc(C3CCNCC3)n[nH]2)cc1. The summed E-state index contributed by atoms with van der Waals surface area (Å²) in [4.78, 5) is 2.11. The van der Waals surface area contributed by atoms with Gasteiger partial charge in [-0.15, -0.1) is 0 Å². The molecule has 0 bridgehead atoms. The molecule has 0 radical (unpaired) electrons. The van der Waals surface area contributed by atoms with Crippen LogP contribution in [0.25, 0.3) is 11.3 Å². The summed E-state index contributed by atoms with van der Waals surface area (Å²) in [5.74, 6) is 0.599. The van der Waals surface area contributed by atoms with Gasteiger partial charge in [0.2, 0.25) is 0 Å². The molecule has 0 aliphatic carbocycles. The van der Waals surface area contributed by atoms with E-state index >= 15 is 0 Å². The predicted octanol–water partition coefficient (Wildman–Crippen LogP) is 2.61. The van der Waals surface area contributed by atoms with Gasteiger partial charge in [0.05, 0.1) is 11.4 Å². The highest BCUT2D eigenvalue weighted by atomic mass is 15.1. The van der Waals surface area contributed by atoms with E-state index in [1.165, 1.54) is 29.8 Å². The topological polar surface area (TPSA) is 44.0 Å². The summed E-state index contributed by atoms with van der Waals surface area (Å²) in [6.07, 6.45) is 2.37. The molecule has 1 saturated heterocycles. The van der Waals surface area contributed by atoms with Crippen LogP contribution in [0.2, 0.25) is 0 Å². The Morgan fingerprint density at radius 1 is 1.10 bits per heavy atom. The first-order valence-corrected chi connectivity index (χ1v) is 7.28. The molecule has 2 N–H and O–H groups in total. The van der Waals surface area contributed by atoms with Gasteiger partial charge in [-0.3, -0.25) is 5.10 Å². The van der Waals surface area contributed by atoms with E-state index in [-0.39, 0.29) is 0 Å². The minimum absolute atomic E-state index is 0.599. The Balaban J connectivity index is 1.78. The fraction of sp³-hybridized carbons (Fsp3) is 0.438. The Morgan fingerprint density at radius 2 is 1.80 bits per heavy atom. The van der Waals surface area contributed by atoms with Crippen LogP contribution in [-0.4, -0.2) is 37.4 Å². The van der Waals surface area contributed by atoms with Crippen molar-refractivity contribution >= 4 is 5.69 Å². The molecule has 0 saturated carbocycles. The second kappa shape index (κ2) is 5.67.